The van der Waals surface area contributed by atoms with E-state index >= 15 is 0 Å². The quantitative estimate of drug-likeness (QED) is 0.812. The Balaban J connectivity index is 2.08. The molecule has 2 N–H and O–H groups in total. The van der Waals surface area contributed by atoms with Gasteiger partial charge in [0.1, 0.15) is 11.9 Å². The Hall–Kier alpha value is -2.14. The Morgan fingerprint density at radius 3 is 2.84 bits per heavy atom. The summed E-state index contributed by atoms with van der Waals surface area (Å²) in [4.78, 5) is 15.6. The number of imidazole rings is 1. The average Bonchev–Trinajstić information content (AvgIpc) is 2.86. The van der Waals surface area contributed by atoms with Crippen LogP contribution in [-0.4, -0.2) is 28.7 Å². The summed E-state index contributed by atoms with van der Waals surface area (Å²) in [5.74, 6) is 0.357. The van der Waals surface area contributed by atoms with E-state index in [-0.39, 0.29) is 0 Å². The molecule has 100 valence electrons. The predicted molar refractivity (Wildman–Crippen MR) is 71.5 cm³/mol. The summed E-state index contributed by atoms with van der Waals surface area (Å²) in [6.45, 7) is 0.712. The van der Waals surface area contributed by atoms with E-state index in [0.29, 0.717) is 13.0 Å². The van der Waals surface area contributed by atoms with Crippen LogP contribution in [0.25, 0.3) is 0 Å². The molecule has 0 saturated heterocycles. The second-order valence-electron chi connectivity index (χ2n) is 4.29. The first-order valence-electron chi connectivity index (χ1n) is 6.08. The van der Waals surface area contributed by atoms with Crippen LogP contribution in [-0.2, 0) is 22.5 Å². The molecule has 1 aromatic carbocycles. The summed E-state index contributed by atoms with van der Waals surface area (Å²) in [6, 6.07) is 9.37. The Labute approximate surface area is 112 Å². The van der Waals surface area contributed by atoms with Gasteiger partial charge in [-0.25, -0.2) is 4.98 Å². The molecule has 19 heavy (non-hydrogen) atoms. The number of methoxy groups -OCH3 is 1. The van der Waals surface area contributed by atoms with Crippen LogP contribution in [0.2, 0.25) is 0 Å². The fraction of sp³-hybridized carbons (Fsp3) is 0.286. The van der Waals surface area contributed by atoms with E-state index in [9.17, 15) is 4.79 Å². The summed E-state index contributed by atoms with van der Waals surface area (Å²) in [6.07, 6.45) is 3.96. The minimum absolute atomic E-state index is 0.368. The molecule has 1 atom stereocenters. The number of hydrogen-bond acceptors (Lipinski definition) is 4. The fourth-order valence-electron chi connectivity index (χ4n) is 1.89. The third-order valence-corrected chi connectivity index (χ3v) is 2.90. The maximum Gasteiger partial charge on any atom is 0.323 e. The van der Waals surface area contributed by atoms with Crippen LogP contribution in [0, 0.1) is 0 Å². The smallest absolute Gasteiger partial charge is 0.323 e. The molecule has 0 aliphatic carbocycles. The van der Waals surface area contributed by atoms with Crippen molar-refractivity contribution in [1.82, 2.24) is 9.55 Å². The summed E-state index contributed by atoms with van der Waals surface area (Å²) in [5.41, 5.74) is 6.93. The number of nitrogens with zero attached hydrogens (tertiary/aromatic N) is 2. The average molecular weight is 259 g/mol. The van der Waals surface area contributed by atoms with E-state index in [4.69, 9.17) is 5.73 Å². The van der Waals surface area contributed by atoms with Crippen molar-refractivity contribution < 1.29 is 9.53 Å². The van der Waals surface area contributed by atoms with Crippen LogP contribution in [0.3, 0.4) is 0 Å². The molecular formula is C14H17N3O2. The number of esters is 1. The minimum atomic E-state index is -0.679. The van der Waals surface area contributed by atoms with Gasteiger partial charge in [0, 0.05) is 25.4 Å². The molecule has 0 bridgehead atoms. The van der Waals surface area contributed by atoms with E-state index in [2.05, 4.69) is 9.72 Å². The molecule has 0 aliphatic rings. The third-order valence-electron chi connectivity index (χ3n) is 2.90. The number of nitrogens with two attached hydrogens (primary N) is 1. The van der Waals surface area contributed by atoms with Gasteiger partial charge in [-0.2, -0.15) is 0 Å². The van der Waals surface area contributed by atoms with Crippen LogP contribution >= 0.6 is 0 Å². The van der Waals surface area contributed by atoms with Crippen molar-refractivity contribution in [2.24, 2.45) is 5.73 Å². The standard InChI is InChI=1S/C14H17N3O2/c1-19-14(18)12(15)9-13-16-7-8-17(13)10-11-5-3-2-4-6-11/h2-8,12H,9-10,15H2,1H3. The van der Waals surface area contributed by atoms with E-state index in [1.54, 1.807) is 6.20 Å². The molecule has 0 spiro atoms. The Morgan fingerprint density at radius 2 is 2.16 bits per heavy atom. The molecular weight excluding hydrogens is 242 g/mol. The van der Waals surface area contributed by atoms with E-state index in [0.717, 1.165) is 5.82 Å². The van der Waals surface area contributed by atoms with Crippen molar-refractivity contribution in [3.8, 4) is 0 Å². The van der Waals surface area contributed by atoms with Crippen molar-refractivity contribution in [2.45, 2.75) is 19.0 Å². The van der Waals surface area contributed by atoms with Gasteiger partial charge in [0.15, 0.2) is 0 Å². The monoisotopic (exact) mass is 259 g/mol. The SMILES string of the molecule is COC(=O)C(N)Cc1nccn1Cc1ccccc1. The summed E-state index contributed by atoms with van der Waals surface area (Å²) in [5, 5.41) is 0. The lowest BCUT2D eigenvalue weighted by Gasteiger charge is -2.11. The first kappa shape index (κ1) is 13.3. The summed E-state index contributed by atoms with van der Waals surface area (Å²) >= 11 is 0. The Morgan fingerprint density at radius 1 is 1.42 bits per heavy atom. The molecule has 5 nitrogen and oxygen atoms in total. The summed E-state index contributed by atoms with van der Waals surface area (Å²) in [7, 11) is 1.33. The zero-order valence-corrected chi connectivity index (χ0v) is 10.8. The molecule has 0 radical (unpaired) electrons. The van der Waals surface area contributed by atoms with Crippen molar-refractivity contribution >= 4 is 5.97 Å². The van der Waals surface area contributed by atoms with E-state index < -0.39 is 12.0 Å². The number of hydrogen-bond donors (Lipinski definition) is 1. The van der Waals surface area contributed by atoms with Crippen LogP contribution in [0.1, 0.15) is 11.4 Å². The lowest BCUT2D eigenvalue weighted by Crippen LogP contribution is -2.34. The molecule has 0 amide bonds. The van der Waals surface area contributed by atoms with Gasteiger partial charge in [-0.3, -0.25) is 4.79 Å². The normalized spacial score (nSPS) is 12.1. The number of rotatable bonds is 5. The number of carbonyl (C=O) groups excluding carboxylic acids is 1. The first-order chi connectivity index (χ1) is 9.20. The highest BCUT2D eigenvalue weighted by Gasteiger charge is 2.17. The second kappa shape index (κ2) is 6.15. The number of ether oxygens (including phenoxy) is 1. The van der Waals surface area contributed by atoms with Gasteiger partial charge in [0.05, 0.1) is 7.11 Å². The molecule has 0 saturated carbocycles. The first-order valence-corrected chi connectivity index (χ1v) is 6.08. The van der Waals surface area contributed by atoms with Gasteiger partial charge < -0.3 is 15.0 Å². The Kier molecular flexibility index (Phi) is 4.30. The van der Waals surface area contributed by atoms with Gasteiger partial charge in [0.2, 0.25) is 0 Å². The highest BCUT2D eigenvalue weighted by atomic mass is 16.5. The molecule has 1 aromatic heterocycles. The molecule has 2 rings (SSSR count). The van der Waals surface area contributed by atoms with Crippen molar-refractivity contribution in [3.63, 3.8) is 0 Å². The Bertz CT molecular complexity index is 537. The second-order valence-corrected chi connectivity index (χ2v) is 4.29. The predicted octanol–water partition coefficient (Wildman–Crippen LogP) is 0.974. The summed E-state index contributed by atoms with van der Waals surface area (Å²) < 4.78 is 6.60. The molecule has 0 fully saturated rings. The highest BCUT2D eigenvalue weighted by Crippen LogP contribution is 2.07. The topological polar surface area (TPSA) is 70.1 Å². The lowest BCUT2D eigenvalue weighted by molar-refractivity contribution is -0.142. The van der Waals surface area contributed by atoms with Gasteiger partial charge in [-0.1, -0.05) is 30.3 Å². The number of aromatic nitrogens is 2. The number of carbonyl (C=O) groups is 1. The largest absolute Gasteiger partial charge is 0.468 e. The lowest BCUT2D eigenvalue weighted by atomic mass is 10.2. The van der Waals surface area contributed by atoms with Crippen molar-refractivity contribution in [3.05, 3.63) is 54.1 Å². The fourth-order valence-corrected chi connectivity index (χ4v) is 1.89. The molecule has 2 aromatic rings. The zero-order chi connectivity index (χ0) is 13.7. The van der Waals surface area contributed by atoms with Gasteiger partial charge >= 0.3 is 5.97 Å². The van der Waals surface area contributed by atoms with Crippen LogP contribution in [0.4, 0.5) is 0 Å². The minimum Gasteiger partial charge on any atom is -0.468 e. The van der Waals surface area contributed by atoms with Gasteiger partial charge in [-0.15, -0.1) is 0 Å². The third kappa shape index (κ3) is 3.42. The zero-order valence-electron chi connectivity index (χ0n) is 10.8. The van der Waals surface area contributed by atoms with E-state index in [1.165, 1.54) is 12.7 Å². The molecule has 1 heterocycles. The van der Waals surface area contributed by atoms with Gasteiger partial charge in [0.25, 0.3) is 0 Å². The van der Waals surface area contributed by atoms with Gasteiger partial charge in [-0.05, 0) is 5.56 Å². The maximum absolute atomic E-state index is 11.3. The molecule has 1 unspecified atom stereocenters. The van der Waals surface area contributed by atoms with Crippen molar-refractivity contribution in [1.29, 1.82) is 0 Å². The van der Waals surface area contributed by atoms with Crippen LogP contribution in [0.15, 0.2) is 42.7 Å². The van der Waals surface area contributed by atoms with Crippen LogP contribution < -0.4 is 5.73 Å². The maximum atomic E-state index is 11.3. The van der Waals surface area contributed by atoms with E-state index in [1.807, 2.05) is 41.1 Å². The van der Waals surface area contributed by atoms with Crippen molar-refractivity contribution in [2.75, 3.05) is 7.11 Å². The molecule has 5 heteroatoms. The van der Waals surface area contributed by atoms with Crippen LogP contribution in [0.5, 0.6) is 0 Å². The highest BCUT2D eigenvalue weighted by molar-refractivity contribution is 5.75. The number of benzene rings is 1. The molecule has 0 aliphatic heterocycles.